The molecule has 3 rings (SSSR count). The van der Waals surface area contributed by atoms with Crippen LogP contribution >= 0.6 is 15.9 Å². The molecule has 0 atom stereocenters. The summed E-state index contributed by atoms with van der Waals surface area (Å²) in [6.45, 7) is 0.497. The Morgan fingerprint density at radius 3 is 3.00 bits per heavy atom. The molecule has 0 saturated carbocycles. The quantitative estimate of drug-likeness (QED) is 0.808. The molecular formula is C12H10BrFN4O. The van der Waals surface area contributed by atoms with Gasteiger partial charge in [0.05, 0.1) is 6.54 Å². The van der Waals surface area contributed by atoms with E-state index in [0.29, 0.717) is 18.6 Å². The zero-order valence-corrected chi connectivity index (χ0v) is 11.5. The smallest absolute Gasteiger partial charge is 0.292 e. The summed E-state index contributed by atoms with van der Waals surface area (Å²) in [6.07, 6.45) is 3.75. The molecule has 3 heterocycles. The van der Waals surface area contributed by atoms with Crippen LogP contribution in [-0.2, 0) is 0 Å². The molecule has 5 nitrogen and oxygen atoms in total. The zero-order chi connectivity index (χ0) is 13.4. The van der Waals surface area contributed by atoms with Crippen LogP contribution in [0.25, 0.3) is 5.65 Å². The van der Waals surface area contributed by atoms with E-state index in [0.717, 1.165) is 4.47 Å². The SMILES string of the molecule is O=C(c1nnc2ccc(Br)cn12)N1CCC=C(F)C1. The number of pyridine rings is 1. The van der Waals surface area contributed by atoms with Crippen LogP contribution < -0.4 is 0 Å². The minimum Gasteiger partial charge on any atom is -0.329 e. The van der Waals surface area contributed by atoms with Crippen LogP contribution in [0.4, 0.5) is 4.39 Å². The molecule has 0 spiro atoms. The molecule has 0 bridgehead atoms. The highest BCUT2D eigenvalue weighted by Gasteiger charge is 2.24. The topological polar surface area (TPSA) is 50.5 Å². The number of halogens is 2. The van der Waals surface area contributed by atoms with Gasteiger partial charge in [0.1, 0.15) is 5.83 Å². The Labute approximate surface area is 116 Å². The number of hydrogen-bond acceptors (Lipinski definition) is 3. The molecule has 98 valence electrons. The van der Waals surface area contributed by atoms with Crippen molar-refractivity contribution < 1.29 is 9.18 Å². The molecule has 19 heavy (non-hydrogen) atoms. The normalized spacial score (nSPS) is 15.7. The van der Waals surface area contributed by atoms with Gasteiger partial charge in [0.15, 0.2) is 5.65 Å². The third-order valence-electron chi connectivity index (χ3n) is 2.95. The molecule has 1 aliphatic rings. The maximum atomic E-state index is 13.2. The van der Waals surface area contributed by atoms with Crippen LogP contribution in [0.3, 0.4) is 0 Å². The number of carbonyl (C=O) groups excluding carboxylic acids is 1. The molecule has 0 N–H and O–H groups in total. The minimum absolute atomic E-state index is 0.00174. The van der Waals surface area contributed by atoms with Crippen molar-refractivity contribution in [3.05, 3.63) is 40.5 Å². The van der Waals surface area contributed by atoms with Gasteiger partial charge >= 0.3 is 0 Å². The van der Waals surface area contributed by atoms with E-state index in [-0.39, 0.29) is 24.1 Å². The Bertz CT molecular complexity index is 681. The molecule has 0 unspecified atom stereocenters. The first-order valence-corrected chi connectivity index (χ1v) is 6.58. The Balaban J connectivity index is 1.98. The molecule has 2 aromatic heterocycles. The summed E-state index contributed by atoms with van der Waals surface area (Å²) in [7, 11) is 0. The van der Waals surface area contributed by atoms with E-state index in [1.807, 2.05) is 6.07 Å². The summed E-state index contributed by atoms with van der Waals surface area (Å²) >= 11 is 3.34. The van der Waals surface area contributed by atoms with Gasteiger partial charge in [-0.2, -0.15) is 0 Å². The first-order valence-electron chi connectivity index (χ1n) is 5.79. The van der Waals surface area contributed by atoms with Crippen molar-refractivity contribution in [2.45, 2.75) is 6.42 Å². The fourth-order valence-corrected chi connectivity index (χ4v) is 2.37. The van der Waals surface area contributed by atoms with Crippen molar-refractivity contribution in [1.29, 1.82) is 0 Å². The van der Waals surface area contributed by atoms with Gasteiger partial charge < -0.3 is 4.90 Å². The number of fused-ring (bicyclic) bond motifs is 1. The monoisotopic (exact) mass is 324 g/mol. The number of rotatable bonds is 1. The highest BCUT2D eigenvalue weighted by Crippen LogP contribution is 2.16. The molecule has 2 aromatic rings. The molecule has 7 heteroatoms. The molecule has 0 radical (unpaired) electrons. The maximum absolute atomic E-state index is 13.2. The second-order valence-corrected chi connectivity index (χ2v) is 5.18. The number of amides is 1. The first kappa shape index (κ1) is 12.3. The summed E-state index contributed by atoms with van der Waals surface area (Å²) in [5, 5.41) is 7.83. The minimum atomic E-state index is -0.311. The van der Waals surface area contributed by atoms with Crippen molar-refractivity contribution in [2.75, 3.05) is 13.1 Å². The Morgan fingerprint density at radius 1 is 1.37 bits per heavy atom. The largest absolute Gasteiger partial charge is 0.329 e. The number of hydrogen-bond donors (Lipinski definition) is 0. The van der Waals surface area contributed by atoms with Gasteiger partial charge in [0.25, 0.3) is 5.91 Å². The van der Waals surface area contributed by atoms with Crippen molar-refractivity contribution in [3.63, 3.8) is 0 Å². The number of nitrogens with zero attached hydrogens (tertiary/aromatic N) is 4. The molecule has 0 aliphatic carbocycles. The average molecular weight is 325 g/mol. The molecular weight excluding hydrogens is 315 g/mol. The lowest BCUT2D eigenvalue weighted by atomic mass is 10.2. The fraction of sp³-hybridized carbons (Fsp3) is 0.250. The van der Waals surface area contributed by atoms with Gasteiger partial charge in [0.2, 0.25) is 5.82 Å². The van der Waals surface area contributed by atoms with E-state index in [1.54, 1.807) is 16.7 Å². The summed E-state index contributed by atoms with van der Waals surface area (Å²) in [5.74, 6) is -0.394. The van der Waals surface area contributed by atoms with Crippen LogP contribution in [0.15, 0.2) is 34.7 Å². The van der Waals surface area contributed by atoms with Crippen LogP contribution in [0.1, 0.15) is 17.0 Å². The van der Waals surface area contributed by atoms with E-state index >= 15 is 0 Å². The van der Waals surface area contributed by atoms with Gasteiger partial charge in [-0.25, -0.2) is 4.39 Å². The van der Waals surface area contributed by atoms with E-state index in [2.05, 4.69) is 26.1 Å². The van der Waals surface area contributed by atoms with E-state index in [4.69, 9.17) is 0 Å². The Kier molecular flexibility index (Phi) is 3.06. The van der Waals surface area contributed by atoms with Crippen molar-refractivity contribution in [2.24, 2.45) is 0 Å². The number of aromatic nitrogens is 3. The molecule has 1 aliphatic heterocycles. The highest BCUT2D eigenvalue weighted by molar-refractivity contribution is 9.10. The molecule has 1 amide bonds. The lowest BCUT2D eigenvalue weighted by molar-refractivity contribution is 0.0741. The van der Waals surface area contributed by atoms with Crippen molar-refractivity contribution in [1.82, 2.24) is 19.5 Å². The Morgan fingerprint density at radius 2 is 2.21 bits per heavy atom. The lowest BCUT2D eigenvalue weighted by Gasteiger charge is -2.23. The van der Waals surface area contributed by atoms with Crippen molar-refractivity contribution >= 4 is 27.5 Å². The van der Waals surface area contributed by atoms with Gasteiger partial charge in [-0.1, -0.05) is 0 Å². The van der Waals surface area contributed by atoms with E-state index in [9.17, 15) is 9.18 Å². The van der Waals surface area contributed by atoms with Crippen LogP contribution in [0.5, 0.6) is 0 Å². The maximum Gasteiger partial charge on any atom is 0.292 e. The molecule has 0 saturated heterocycles. The average Bonchev–Trinajstić information content (AvgIpc) is 2.80. The third kappa shape index (κ3) is 2.25. The van der Waals surface area contributed by atoms with Crippen LogP contribution in [0.2, 0.25) is 0 Å². The summed E-state index contributed by atoms with van der Waals surface area (Å²) < 4.78 is 15.6. The third-order valence-corrected chi connectivity index (χ3v) is 3.42. The Hall–Kier alpha value is -1.76. The fourth-order valence-electron chi connectivity index (χ4n) is 2.03. The predicted octanol–water partition coefficient (Wildman–Crippen LogP) is 2.19. The second-order valence-electron chi connectivity index (χ2n) is 4.27. The predicted molar refractivity (Wildman–Crippen MR) is 70.4 cm³/mol. The summed E-state index contributed by atoms with van der Waals surface area (Å²) in [6, 6.07) is 3.58. The first-order chi connectivity index (χ1) is 9.15. The van der Waals surface area contributed by atoms with Gasteiger partial charge in [-0.15, -0.1) is 10.2 Å². The lowest BCUT2D eigenvalue weighted by Crippen LogP contribution is -2.36. The van der Waals surface area contributed by atoms with E-state index in [1.165, 1.54) is 11.0 Å². The molecule has 0 fully saturated rings. The number of carbonyl (C=O) groups is 1. The highest BCUT2D eigenvalue weighted by atomic mass is 79.9. The van der Waals surface area contributed by atoms with Crippen molar-refractivity contribution in [3.8, 4) is 0 Å². The molecule has 0 aromatic carbocycles. The second kappa shape index (κ2) is 4.73. The van der Waals surface area contributed by atoms with Gasteiger partial charge in [0, 0.05) is 17.2 Å². The summed E-state index contributed by atoms with van der Waals surface area (Å²) in [5.41, 5.74) is 0.583. The van der Waals surface area contributed by atoms with Gasteiger partial charge in [-0.3, -0.25) is 9.20 Å². The summed E-state index contributed by atoms with van der Waals surface area (Å²) in [4.78, 5) is 13.8. The van der Waals surface area contributed by atoms with Gasteiger partial charge in [-0.05, 0) is 40.6 Å². The van der Waals surface area contributed by atoms with Crippen LogP contribution in [0, 0.1) is 0 Å². The van der Waals surface area contributed by atoms with E-state index < -0.39 is 0 Å². The standard InChI is InChI=1S/C12H10BrFN4O/c13-8-3-4-10-15-16-11(18(10)6-8)12(19)17-5-1-2-9(14)7-17/h2-4,6H,1,5,7H2. The zero-order valence-electron chi connectivity index (χ0n) is 9.88. The van der Waals surface area contributed by atoms with Crippen LogP contribution in [-0.4, -0.2) is 38.5 Å².